The average Bonchev–Trinajstić information content (AvgIpc) is 3.05. The summed E-state index contributed by atoms with van der Waals surface area (Å²) >= 11 is 0. The molecule has 0 spiro atoms. The molecular formula is C13H23N3O3. The summed E-state index contributed by atoms with van der Waals surface area (Å²) in [6.45, 7) is 3.23. The van der Waals surface area contributed by atoms with E-state index in [0.29, 0.717) is 19.4 Å². The summed E-state index contributed by atoms with van der Waals surface area (Å²) in [5.41, 5.74) is 4.63. The largest absolute Gasteiger partial charge is 0.409 e. The zero-order valence-electron chi connectivity index (χ0n) is 11.4. The van der Waals surface area contributed by atoms with Crippen molar-refractivity contribution < 1.29 is 14.7 Å². The molecule has 1 saturated heterocycles. The normalized spacial score (nSPS) is 30.5. The lowest BCUT2D eigenvalue weighted by molar-refractivity contribution is -0.128. The lowest BCUT2D eigenvalue weighted by Crippen LogP contribution is -2.51. The number of oxime groups is 1. The maximum absolute atomic E-state index is 12.4. The summed E-state index contributed by atoms with van der Waals surface area (Å²) in [6.07, 6.45) is 5.12. The Morgan fingerprint density at radius 3 is 2.58 bits per heavy atom. The Morgan fingerprint density at radius 2 is 2.05 bits per heavy atom. The molecule has 0 aromatic rings. The van der Waals surface area contributed by atoms with Crippen LogP contribution in [0.3, 0.4) is 0 Å². The molecule has 1 saturated carbocycles. The van der Waals surface area contributed by atoms with E-state index in [0.717, 1.165) is 32.3 Å². The minimum atomic E-state index is -0.830. The number of hydrogen-bond donors (Lipinski definition) is 3. The maximum atomic E-state index is 12.4. The minimum Gasteiger partial charge on any atom is -0.409 e. The Labute approximate surface area is 113 Å². The van der Waals surface area contributed by atoms with Crippen LogP contribution in [0.15, 0.2) is 5.16 Å². The van der Waals surface area contributed by atoms with Gasteiger partial charge in [0, 0.05) is 13.2 Å². The number of rotatable bonds is 4. The van der Waals surface area contributed by atoms with Gasteiger partial charge in [0.15, 0.2) is 5.84 Å². The lowest BCUT2D eigenvalue weighted by atomic mass is 9.83. The molecule has 1 amide bonds. The van der Waals surface area contributed by atoms with E-state index < -0.39 is 5.41 Å². The van der Waals surface area contributed by atoms with Crippen LogP contribution in [0.2, 0.25) is 0 Å². The molecule has 0 aromatic carbocycles. The van der Waals surface area contributed by atoms with Gasteiger partial charge < -0.3 is 21.0 Å². The number of nitrogens with zero attached hydrogens (tertiary/aromatic N) is 1. The molecule has 2 fully saturated rings. The Balaban J connectivity index is 2.01. The van der Waals surface area contributed by atoms with Crippen molar-refractivity contribution >= 4 is 11.7 Å². The molecule has 1 aliphatic carbocycles. The number of hydrogen-bond acceptors (Lipinski definition) is 4. The summed E-state index contributed by atoms with van der Waals surface area (Å²) < 4.78 is 5.65. The number of carbonyl (C=O) groups excluding carboxylic acids is 1. The highest BCUT2D eigenvalue weighted by Gasteiger charge is 2.46. The van der Waals surface area contributed by atoms with E-state index in [4.69, 9.17) is 15.7 Å². The average molecular weight is 269 g/mol. The highest BCUT2D eigenvalue weighted by Crippen LogP contribution is 2.38. The van der Waals surface area contributed by atoms with Crippen molar-refractivity contribution in [2.75, 3.05) is 13.2 Å². The fourth-order valence-corrected chi connectivity index (χ4v) is 3.09. The van der Waals surface area contributed by atoms with Gasteiger partial charge in [0.2, 0.25) is 5.91 Å². The van der Waals surface area contributed by atoms with E-state index in [9.17, 15) is 4.79 Å². The minimum absolute atomic E-state index is 0.0278. The molecule has 6 heteroatoms. The van der Waals surface area contributed by atoms with Crippen LogP contribution < -0.4 is 11.1 Å². The standard InChI is InChI=1S/C13H23N3O3/c1-12(5-4-8-19-12)9-15-11(17)13(10(14)16-18)6-2-3-7-13/h18H,2-9H2,1H3,(H2,14,16)(H,15,17). The van der Waals surface area contributed by atoms with Crippen LogP contribution in [-0.2, 0) is 9.53 Å². The molecular weight excluding hydrogens is 246 g/mol. The molecule has 108 valence electrons. The van der Waals surface area contributed by atoms with Crippen molar-refractivity contribution in [1.82, 2.24) is 5.32 Å². The van der Waals surface area contributed by atoms with Gasteiger partial charge in [0.05, 0.1) is 5.60 Å². The fourth-order valence-electron chi connectivity index (χ4n) is 3.09. The maximum Gasteiger partial charge on any atom is 0.234 e. The third-order valence-corrected chi connectivity index (χ3v) is 4.41. The first-order valence-electron chi connectivity index (χ1n) is 6.93. The molecule has 19 heavy (non-hydrogen) atoms. The molecule has 0 bridgehead atoms. The van der Waals surface area contributed by atoms with Crippen molar-refractivity contribution in [2.24, 2.45) is 16.3 Å². The Bertz CT molecular complexity index is 369. The third kappa shape index (κ3) is 2.68. The van der Waals surface area contributed by atoms with Gasteiger partial charge >= 0.3 is 0 Å². The smallest absolute Gasteiger partial charge is 0.234 e. The summed E-state index contributed by atoms with van der Waals surface area (Å²) in [5.74, 6) is -0.114. The van der Waals surface area contributed by atoms with Crippen molar-refractivity contribution in [3.8, 4) is 0 Å². The van der Waals surface area contributed by atoms with Crippen LogP contribution in [0.4, 0.5) is 0 Å². The molecule has 2 rings (SSSR count). The molecule has 2 aliphatic rings. The van der Waals surface area contributed by atoms with Gasteiger partial charge in [-0.15, -0.1) is 0 Å². The molecule has 1 aliphatic heterocycles. The summed E-state index contributed by atoms with van der Waals surface area (Å²) in [6, 6.07) is 0. The van der Waals surface area contributed by atoms with Crippen molar-refractivity contribution in [3.63, 3.8) is 0 Å². The second-order valence-electron chi connectivity index (χ2n) is 5.86. The highest BCUT2D eigenvalue weighted by molar-refractivity contribution is 6.07. The first kappa shape index (κ1) is 14.1. The molecule has 1 atom stereocenters. The summed E-state index contributed by atoms with van der Waals surface area (Å²) in [7, 11) is 0. The van der Waals surface area contributed by atoms with Gasteiger partial charge in [0.25, 0.3) is 0 Å². The molecule has 0 aromatic heterocycles. The highest BCUT2D eigenvalue weighted by atomic mass is 16.5. The molecule has 0 radical (unpaired) electrons. The zero-order valence-corrected chi connectivity index (χ0v) is 11.4. The van der Waals surface area contributed by atoms with Gasteiger partial charge in [0.1, 0.15) is 5.41 Å². The van der Waals surface area contributed by atoms with Crippen LogP contribution in [0.1, 0.15) is 45.4 Å². The van der Waals surface area contributed by atoms with E-state index in [1.54, 1.807) is 0 Å². The first-order chi connectivity index (χ1) is 9.02. The fraction of sp³-hybridized carbons (Fsp3) is 0.846. The number of amidine groups is 1. The number of nitrogens with one attached hydrogen (secondary N) is 1. The molecule has 4 N–H and O–H groups in total. The predicted octanol–water partition coefficient (Wildman–Crippen LogP) is 0.978. The van der Waals surface area contributed by atoms with Crippen LogP contribution in [0.25, 0.3) is 0 Å². The molecule has 6 nitrogen and oxygen atoms in total. The van der Waals surface area contributed by atoms with Gasteiger partial charge in [-0.05, 0) is 32.6 Å². The van der Waals surface area contributed by atoms with E-state index in [1.807, 2.05) is 6.92 Å². The number of amides is 1. The van der Waals surface area contributed by atoms with E-state index >= 15 is 0 Å². The molecule has 1 heterocycles. The van der Waals surface area contributed by atoms with E-state index in [2.05, 4.69) is 10.5 Å². The first-order valence-corrected chi connectivity index (χ1v) is 6.93. The van der Waals surface area contributed by atoms with Crippen molar-refractivity contribution in [3.05, 3.63) is 0 Å². The second kappa shape index (κ2) is 5.36. The van der Waals surface area contributed by atoms with Gasteiger partial charge in [-0.25, -0.2) is 0 Å². The zero-order chi connectivity index (χ0) is 13.9. The second-order valence-corrected chi connectivity index (χ2v) is 5.86. The van der Waals surface area contributed by atoms with Crippen molar-refractivity contribution in [1.29, 1.82) is 0 Å². The number of carbonyl (C=O) groups is 1. The van der Waals surface area contributed by atoms with Crippen LogP contribution >= 0.6 is 0 Å². The van der Waals surface area contributed by atoms with Crippen molar-refractivity contribution in [2.45, 2.75) is 51.0 Å². The van der Waals surface area contributed by atoms with Crippen LogP contribution in [-0.4, -0.2) is 35.7 Å². The predicted molar refractivity (Wildman–Crippen MR) is 70.9 cm³/mol. The van der Waals surface area contributed by atoms with Crippen LogP contribution in [0, 0.1) is 5.41 Å². The SMILES string of the molecule is CC1(CNC(=O)C2(C(N)=NO)CCCC2)CCCO1. The number of ether oxygens (including phenoxy) is 1. The lowest BCUT2D eigenvalue weighted by Gasteiger charge is -2.29. The van der Waals surface area contributed by atoms with Gasteiger partial charge in [-0.3, -0.25) is 4.79 Å². The summed E-state index contributed by atoms with van der Waals surface area (Å²) in [4.78, 5) is 12.4. The van der Waals surface area contributed by atoms with E-state index in [-0.39, 0.29) is 17.3 Å². The Hall–Kier alpha value is -1.30. The van der Waals surface area contributed by atoms with E-state index in [1.165, 1.54) is 0 Å². The Morgan fingerprint density at radius 1 is 1.37 bits per heavy atom. The number of nitrogens with two attached hydrogens (primary N) is 1. The molecule has 1 unspecified atom stereocenters. The topological polar surface area (TPSA) is 96.9 Å². The monoisotopic (exact) mass is 269 g/mol. The van der Waals surface area contributed by atoms with Gasteiger partial charge in [-0.2, -0.15) is 0 Å². The quantitative estimate of drug-likeness (QED) is 0.307. The Kier molecular flexibility index (Phi) is 3.99. The third-order valence-electron chi connectivity index (χ3n) is 4.41. The van der Waals surface area contributed by atoms with Gasteiger partial charge in [-0.1, -0.05) is 18.0 Å². The summed E-state index contributed by atoms with van der Waals surface area (Å²) in [5, 5.41) is 14.9. The van der Waals surface area contributed by atoms with Crippen LogP contribution in [0.5, 0.6) is 0 Å².